The first kappa shape index (κ1) is 19.8. The molecule has 0 spiro atoms. The Morgan fingerprint density at radius 1 is 1.13 bits per heavy atom. The molecule has 0 aromatic heterocycles. The lowest BCUT2D eigenvalue weighted by atomic mass is 10.0. The van der Waals surface area contributed by atoms with Crippen molar-refractivity contribution in [2.24, 2.45) is 0 Å². The summed E-state index contributed by atoms with van der Waals surface area (Å²) < 4.78 is 5.10. The van der Waals surface area contributed by atoms with Gasteiger partial charge in [0.1, 0.15) is 17.8 Å². The van der Waals surface area contributed by atoms with Crippen LogP contribution in [0.25, 0.3) is 0 Å². The van der Waals surface area contributed by atoms with E-state index >= 15 is 0 Å². The van der Waals surface area contributed by atoms with Gasteiger partial charge in [-0.2, -0.15) is 0 Å². The van der Waals surface area contributed by atoms with Crippen molar-refractivity contribution in [2.75, 3.05) is 19.0 Å². The molecule has 8 nitrogen and oxygen atoms in total. The molecule has 4 rings (SSSR count). The molecule has 3 N–H and O–H groups in total. The molecular weight excluding hydrogens is 384 g/mol. The monoisotopic (exact) mass is 408 g/mol. The van der Waals surface area contributed by atoms with Crippen LogP contribution in [-0.2, 0) is 16.0 Å². The number of nitrogens with one attached hydrogen (secondary N) is 3. The van der Waals surface area contributed by atoms with Gasteiger partial charge >= 0.3 is 6.03 Å². The predicted molar refractivity (Wildman–Crippen MR) is 111 cm³/mol. The number of hydrogen-bond donors (Lipinski definition) is 3. The molecule has 3 atom stereocenters. The molecule has 4 amide bonds. The van der Waals surface area contributed by atoms with E-state index < -0.39 is 12.1 Å². The number of urea groups is 1. The Kier molecular flexibility index (Phi) is 5.56. The van der Waals surface area contributed by atoms with Gasteiger partial charge in [-0.3, -0.25) is 9.59 Å². The molecule has 156 valence electrons. The van der Waals surface area contributed by atoms with Crippen molar-refractivity contribution in [2.45, 2.75) is 31.0 Å². The van der Waals surface area contributed by atoms with E-state index in [-0.39, 0.29) is 23.9 Å². The average Bonchev–Trinajstić information content (AvgIpc) is 3.17. The lowest BCUT2D eigenvalue weighted by molar-refractivity contribution is -0.147. The largest absolute Gasteiger partial charge is 0.497 e. The third-order valence-corrected chi connectivity index (χ3v) is 5.47. The Morgan fingerprint density at radius 2 is 1.87 bits per heavy atom. The number of piperazine rings is 1. The van der Waals surface area contributed by atoms with Crippen LogP contribution in [0, 0.1) is 0 Å². The molecule has 2 heterocycles. The first-order valence-corrected chi connectivity index (χ1v) is 9.90. The maximum Gasteiger partial charge on any atom is 0.319 e. The highest BCUT2D eigenvalue weighted by atomic mass is 16.5. The lowest BCUT2D eigenvalue weighted by Crippen LogP contribution is -2.61. The normalized spacial score (nSPS) is 22.8. The number of benzene rings is 2. The summed E-state index contributed by atoms with van der Waals surface area (Å²) in [7, 11) is 1.58. The number of hydrogen-bond acceptors (Lipinski definition) is 4. The number of amides is 4. The topological polar surface area (TPSA) is 99.8 Å². The van der Waals surface area contributed by atoms with Gasteiger partial charge < -0.3 is 25.6 Å². The highest BCUT2D eigenvalue weighted by molar-refractivity contribution is 5.98. The summed E-state index contributed by atoms with van der Waals surface area (Å²) in [6, 6.07) is 14.8. The Labute approximate surface area is 174 Å². The number of anilines is 1. The van der Waals surface area contributed by atoms with Gasteiger partial charge in [0.2, 0.25) is 11.8 Å². The standard InChI is InChI=1S/C22H24N4O4/c1-30-17-9-7-15(8-10-17)23-22(29)24-16-12-19-20(27)25-18(21(28)26(19)13-16)11-14-5-3-2-4-6-14/h2-10,16,18-19H,11-13H2,1H3,(H,25,27)(H2,23,24,29). The van der Waals surface area contributed by atoms with Gasteiger partial charge in [-0.25, -0.2) is 4.79 Å². The van der Waals surface area contributed by atoms with Crippen LogP contribution in [0.5, 0.6) is 5.75 Å². The van der Waals surface area contributed by atoms with Gasteiger partial charge in [-0.05, 0) is 36.2 Å². The Bertz CT molecular complexity index is 932. The lowest BCUT2D eigenvalue weighted by Gasteiger charge is -2.34. The second kappa shape index (κ2) is 8.44. The zero-order valence-corrected chi connectivity index (χ0v) is 16.6. The van der Waals surface area contributed by atoms with Gasteiger partial charge in [0.15, 0.2) is 0 Å². The minimum absolute atomic E-state index is 0.108. The van der Waals surface area contributed by atoms with Crippen LogP contribution in [-0.4, -0.2) is 54.5 Å². The van der Waals surface area contributed by atoms with Crippen LogP contribution in [0.3, 0.4) is 0 Å². The molecule has 2 fully saturated rings. The molecule has 8 heteroatoms. The Morgan fingerprint density at radius 3 is 2.57 bits per heavy atom. The zero-order chi connectivity index (χ0) is 21.1. The molecular formula is C22H24N4O4. The first-order chi connectivity index (χ1) is 14.5. The van der Waals surface area contributed by atoms with E-state index in [1.165, 1.54) is 0 Å². The molecule has 0 aliphatic carbocycles. The fourth-order valence-electron chi connectivity index (χ4n) is 3.98. The molecule has 0 saturated carbocycles. The molecule has 2 aromatic carbocycles. The zero-order valence-electron chi connectivity index (χ0n) is 16.6. The fourth-order valence-corrected chi connectivity index (χ4v) is 3.98. The van der Waals surface area contributed by atoms with Crippen molar-refractivity contribution in [1.29, 1.82) is 0 Å². The number of rotatable bonds is 5. The van der Waals surface area contributed by atoms with Crippen LogP contribution < -0.4 is 20.7 Å². The van der Waals surface area contributed by atoms with Gasteiger partial charge in [0, 0.05) is 18.7 Å². The van der Waals surface area contributed by atoms with E-state index in [0.29, 0.717) is 30.8 Å². The summed E-state index contributed by atoms with van der Waals surface area (Å²) >= 11 is 0. The summed E-state index contributed by atoms with van der Waals surface area (Å²) in [5, 5.41) is 8.46. The molecule has 2 aromatic rings. The fraction of sp³-hybridized carbons (Fsp3) is 0.318. The summed E-state index contributed by atoms with van der Waals surface area (Å²) in [6.45, 7) is 0.318. The second-order valence-electron chi connectivity index (χ2n) is 7.52. The van der Waals surface area contributed by atoms with Crippen molar-refractivity contribution in [3.63, 3.8) is 0 Å². The second-order valence-corrected chi connectivity index (χ2v) is 7.52. The van der Waals surface area contributed by atoms with Crippen LogP contribution in [0.1, 0.15) is 12.0 Å². The van der Waals surface area contributed by atoms with E-state index in [0.717, 1.165) is 5.56 Å². The maximum absolute atomic E-state index is 12.9. The van der Waals surface area contributed by atoms with E-state index in [1.807, 2.05) is 30.3 Å². The minimum atomic E-state index is -0.581. The minimum Gasteiger partial charge on any atom is -0.497 e. The van der Waals surface area contributed by atoms with Crippen molar-refractivity contribution < 1.29 is 19.1 Å². The summed E-state index contributed by atoms with van der Waals surface area (Å²) in [5.41, 5.74) is 1.61. The average molecular weight is 408 g/mol. The highest BCUT2D eigenvalue weighted by Crippen LogP contribution is 2.24. The van der Waals surface area contributed by atoms with Gasteiger partial charge in [0.25, 0.3) is 0 Å². The number of carbonyl (C=O) groups excluding carboxylic acids is 3. The smallest absolute Gasteiger partial charge is 0.319 e. The summed E-state index contributed by atoms with van der Waals surface area (Å²) in [5.74, 6) is 0.418. The van der Waals surface area contributed by atoms with Crippen molar-refractivity contribution in [3.8, 4) is 5.75 Å². The highest BCUT2D eigenvalue weighted by Gasteiger charge is 2.46. The molecule has 2 aliphatic heterocycles. The number of nitrogens with zero attached hydrogens (tertiary/aromatic N) is 1. The molecule has 2 aliphatic rings. The van der Waals surface area contributed by atoms with Crippen LogP contribution >= 0.6 is 0 Å². The van der Waals surface area contributed by atoms with Crippen molar-refractivity contribution in [1.82, 2.24) is 15.5 Å². The van der Waals surface area contributed by atoms with E-state index in [9.17, 15) is 14.4 Å². The van der Waals surface area contributed by atoms with Crippen LogP contribution in [0.2, 0.25) is 0 Å². The molecule has 30 heavy (non-hydrogen) atoms. The Balaban J connectivity index is 1.35. The third-order valence-electron chi connectivity index (χ3n) is 5.47. The molecule has 0 radical (unpaired) electrons. The maximum atomic E-state index is 12.9. The van der Waals surface area contributed by atoms with Crippen LogP contribution in [0.15, 0.2) is 54.6 Å². The van der Waals surface area contributed by atoms with Gasteiger partial charge in [-0.1, -0.05) is 30.3 Å². The molecule has 2 saturated heterocycles. The van der Waals surface area contributed by atoms with Crippen LogP contribution in [0.4, 0.5) is 10.5 Å². The van der Waals surface area contributed by atoms with E-state index in [2.05, 4.69) is 16.0 Å². The van der Waals surface area contributed by atoms with Crippen molar-refractivity contribution >= 4 is 23.5 Å². The number of carbonyl (C=O) groups is 3. The first-order valence-electron chi connectivity index (χ1n) is 9.90. The van der Waals surface area contributed by atoms with Crippen molar-refractivity contribution in [3.05, 3.63) is 60.2 Å². The molecule has 0 bridgehead atoms. The van der Waals surface area contributed by atoms with Gasteiger partial charge in [-0.15, -0.1) is 0 Å². The number of fused-ring (bicyclic) bond motifs is 1. The summed E-state index contributed by atoms with van der Waals surface area (Å²) in [6.07, 6.45) is 0.844. The number of ether oxygens (including phenoxy) is 1. The predicted octanol–water partition coefficient (Wildman–Crippen LogP) is 1.53. The van der Waals surface area contributed by atoms with Gasteiger partial charge in [0.05, 0.1) is 13.2 Å². The van der Waals surface area contributed by atoms with E-state index in [1.54, 1.807) is 36.3 Å². The summed E-state index contributed by atoms with van der Waals surface area (Å²) in [4.78, 5) is 39.4. The third kappa shape index (κ3) is 4.22. The molecule has 3 unspecified atom stereocenters. The Hall–Kier alpha value is -3.55. The number of methoxy groups -OCH3 is 1. The SMILES string of the molecule is COc1ccc(NC(=O)NC2CC3C(=O)NC(Cc4ccccc4)C(=O)N3C2)cc1. The van der Waals surface area contributed by atoms with E-state index in [4.69, 9.17) is 4.74 Å². The quantitative estimate of drug-likeness (QED) is 0.699.